The minimum atomic E-state index is -0.707. The van der Waals surface area contributed by atoms with Gasteiger partial charge >= 0.3 is 0 Å². The highest BCUT2D eigenvalue weighted by Gasteiger charge is 2.23. The molecule has 1 aliphatic heterocycles. The number of amides is 1. The minimum absolute atomic E-state index is 0.0370. The van der Waals surface area contributed by atoms with Crippen LogP contribution in [0.4, 0.5) is 15.8 Å². The molecule has 2 rings (SSSR count). The average Bonchev–Trinajstić information content (AvgIpc) is 2.41. The number of nitrogens with zero attached hydrogens (tertiary/aromatic N) is 1. The van der Waals surface area contributed by atoms with E-state index in [0.29, 0.717) is 12.8 Å². The van der Waals surface area contributed by atoms with E-state index in [2.05, 4.69) is 10.6 Å². The predicted octanol–water partition coefficient (Wildman–Crippen LogP) is 1.67. The third-order valence-electron chi connectivity index (χ3n) is 3.12. The van der Waals surface area contributed by atoms with Gasteiger partial charge < -0.3 is 10.6 Å². The van der Waals surface area contributed by atoms with Gasteiger partial charge in [0, 0.05) is 5.92 Å². The Bertz CT molecular complexity index is 501. The van der Waals surface area contributed by atoms with Crippen LogP contribution < -0.4 is 10.6 Å². The van der Waals surface area contributed by atoms with Crippen LogP contribution in [-0.2, 0) is 4.79 Å². The summed E-state index contributed by atoms with van der Waals surface area (Å²) in [4.78, 5) is 22.1. The van der Waals surface area contributed by atoms with E-state index in [0.717, 1.165) is 25.2 Å². The van der Waals surface area contributed by atoms with Crippen LogP contribution in [0.5, 0.6) is 0 Å². The number of carbonyl (C=O) groups excluding carboxylic acids is 1. The minimum Gasteiger partial charge on any atom is -0.320 e. The Kier molecular flexibility index (Phi) is 4.06. The number of benzene rings is 1. The molecule has 0 saturated carbocycles. The van der Waals surface area contributed by atoms with Gasteiger partial charge in [0.05, 0.1) is 11.0 Å². The Balaban J connectivity index is 2.13. The lowest BCUT2D eigenvalue weighted by Gasteiger charge is -2.21. The summed E-state index contributed by atoms with van der Waals surface area (Å²) in [6.45, 7) is 1.51. The Morgan fingerprint density at radius 1 is 1.42 bits per heavy atom. The SMILES string of the molecule is O=C(Nc1ccc(F)cc1[N+](=O)[O-])C1CCNCC1. The molecule has 1 fully saturated rings. The molecule has 102 valence electrons. The van der Waals surface area contributed by atoms with E-state index < -0.39 is 16.4 Å². The number of nitro groups is 1. The molecule has 1 amide bonds. The first-order valence-electron chi connectivity index (χ1n) is 6.03. The van der Waals surface area contributed by atoms with Crippen molar-refractivity contribution in [2.75, 3.05) is 18.4 Å². The molecular weight excluding hydrogens is 253 g/mol. The fourth-order valence-corrected chi connectivity index (χ4v) is 2.08. The topological polar surface area (TPSA) is 84.3 Å². The Hall–Kier alpha value is -2.02. The summed E-state index contributed by atoms with van der Waals surface area (Å²) in [6, 6.07) is 3.11. The Morgan fingerprint density at radius 3 is 2.74 bits per heavy atom. The number of piperidine rings is 1. The molecule has 0 aliphatic carbocycles. The molecular formula is C12H14FN3O3. The summed E-state index contributed by atoms with van der Waals surface area (Å²) in [6.07, 6.45) is 1.39. The number of carbonyl (C=O) groups is 1. The first-order chi connectivity index (χ1) is 9.08. The quantitative estimate of drug-likeness (QED) is 0.644. The number of anilines is 1. The van der Waals surface area contributed by atoms with E-state index >= 15 is 0 Å². The van der Waals surface area contributed by atoms with Gasteiger partial charge in [0.25, 0.3) is 5.69 Å². The maximum absolute atomic E-state index is 13.0. The summed E-state index contributed by atoms with van der Waals surface area (Å²) in [5.74, 6) is -1.12. The van der Waals surface area contributed by atoms with Gasteiger partial charge in [-0.2, -0.15) is 0 Å². The average molecular weight is 267 g/mol. The Morgan fingerprint density at radius 2 is 2.11 bits per heavy atom. The largest absolute Gasteiger partial charge is 0.320 e. The lowest BCUT2D eigenvalue weighted by molar-refractivity contribution is -0.384. The van der Waals surface area contributed by atoms with E-state index in [4.69, 9.17) is 0 Å². The van der Waals surface area contributed by atoms with E-state index in [1.165, 1.54) is 6.07 Å². The molecule has 0 spiro atoms. The van der Waals surface area contributed by atoms with Crippen LogP contribution in [0.1, 0.15) is 12.8 Å². The number of nitrogens with one attached hydrogen (secondary N) is 2. The van der Waals surface area contributed by atoms with Crippen LogP contribution in [0.2, 0.25) is 0 Å². The number of rotatable bonds is 3. The second-order valence-corrected chi connectivity index (χ2v) is 4.43. The molecule has 1 aromatic rings. The zero-order valence-electron chi connectivity index (χ0n) is 10.2. The fourth-order valence-electron chi connectivity index (χ4n) is 2.08. The number of nitro benzene ring substituents is 1. The molecule has 7 heteroatoms. The van der Waals surface area contributed by atoms with Crippen LogP contribution in [0.3, 0.4) is 0 Å². The van der Waals surface area contributed by atoms with E-state index in [9.17, 15) is 19.3 Å². The van der Waals surface area contributed by atoms with Gasteiger partial charge in [0.15, 0.2) is 0 Å². The number of hydrogen-bond donors (Lipinski definition) is 2. The lowest BCUT2D eigenvalue weighted by Crippen LogP contribution is -2.34. The van der Waals surface area contributed by atoms with Gasteiger partial charge in [-0.1, -0.05) is 0 Å². The smallest absolute Gasteiger partial charge is 0.295 e. The van der Waals surface area contributed by atoms with Crippen molar-refractivity contribution >= 4 is 17.3 Å². The molecule has 6 nitrogen and oxygen atoms in total. The summed E-state index contributed by atoms with van der Waals surface area (Å²) in [7, 11) is 0. The fraction of sp³-hybridized carbons (Fsp3) is 0.417. The summed E-state index contributed by atoms with van der Waals surface area (Å²) in [5.41, 5.74) is -0.391. The van der Waals surface area contributed by atoms with Gasteiger partial charge in [0.1, 0.15) is 11.5 Å². The summed E-state index contributed by atoms with van der Waals surface area (Å²) in [5, 5.41) is 16.5. The van der Waals surface area contributed by atoms with Crippen molar-refractivity contribution in [2.24, 2.45) is 5.92 Å². The van der Waals surface area contributed by atoms with Crippen LogP contribution in [-0.4, -0.2) is 23.9 Å². The van der Waals surface area contributed by atoms with Crippen LogP contribution in [0.15, 0.2) is 18.2 Å². The number of hydrogen-bond acceptors (Lipinski definition) is 4. The molecule has 0 bridgehead atoms. The van der Waals surface area contributed by atoms with Crippen molar-refractivity contribution < 1.29 is 14.1 Å². The van der Waals surface area contributed by atoms with Gasteiger partial charge in [-0.15, -0.1) is 0 Å². The van der Waals surface area contributed by atoms with Crippen LogP contribution in [0.25, 0.3) is 0 Å². The summed E-state index contributed by atoms with van der Waals surface area (Å²) >= 11 is 0. The molecule has 1 saturated heterocycles. The van der Waals surface area contributed by atoms with Gasteiger partial charge in [-0.25, -0.2) is 4.39 Å². The van der Waals surface area contributed by atoms with Crippen molar-refractivity contribution in [1.82, 2.24) is 5.32 Å². The van der Waals surface area contributed by atoms with Crippen molar-refractivity contribution in [1.29, 1.82) is 0 Å². The highest BCUT2D eigenvalue weighted by molar-refractivity contribution is 5.94. The normalized spacial score (nSPS) is 16.1. The van der Waals surface area contributed by atoms with E-state index in [1.54, 1.807) is 0 Å². The van der Waals surface area contributed by atoms with Crippen LogP contribution in [0, 0.1) is 21.8 Å². The number of halogens is 1. The van der Waals surface area contributed by atoms with Gasteiger partial charge in [-0.3, -0.25) is 14.9 Å². The lowest BCUT2D eigenvalue weighted by atomic mass is 9.97. The first-order valence-corrected chi connectivity index (χ1v) is 6.03. The molecule has 0 aromatic heterocycles. The molecule has 0 radical (unpaired) electrons. The van der Waals surface area contributed by atoms with Crippen molar-refractivity contribution in [2.45, 2.75) is 12.8 Å². The molecule has 1 aromatic carbocycles. The molecule has 1 heterocycles. The van der Waals surface area contributed by atoms with E-state index in [1.807, 2.05) is 0 Å². The second kappa shape index (κ2) is 5.75. The highest BCUT2D eigenvalue weighted by atomic mass is 19.1. The zero-order chi connectivity index (χ0) is 13.8. The second-order valence-electron chi connectivity index (χ2n) is 4.43. The monoisotopic (exact) mass is 267 g/mol. The van der Waals surface area contributed by atoms with Crippen molar-refractivity contribution in [3.05, 3.63) is 34.1 Å². The third kappa shape index (κ3) is 3.25. The summed E-state index contributed by atoms with van der Waals surface area (Å²) < 4.78 is 13.0. The zero-order valence-corrected chi connectivity index (χ0v) is 10.2. The molecule has 0 unspecified atom stereocenters. The molecule has 0 atom stereocenters. The molecule has 1 aliphatic rings. The molecule has 2 N–H and O–H groups in total. The highest BCUT2D eigenvalue weighted by Crippen LogP contribution is 2.26. The van der Waals surface area contributed by atoms with Gasteiger partial charge in [0.2, 0.25) is 5.91 Å². The van der Waals surface area contributed by atoms with Crippen molar-refractivity contribution in [3.8, 4) is 0 Å². The van der Waals surface area contributed by atoms with Crippen LogP contribution >= 0.6 is 0 Å². The third-order valence-corrected chi connectivity index (χ3v) is 3.12. The maximum atomic E-state index is 13.0. The predicted molar refractivity (Wildman–Crippen MR) is 67.3 cm³/mol. The first kappa shape index (κ1) is 13.4. The Labute approximate surface area is 109 Å². The molecule has 19 heavy (non-hydrogen) atoms. The van der Waals surface area contributed by atoms with Gasteiger partial charge in [-0.05, 0) is 38.1 Å². The van der Waals surface area contributed by atoms with E-state index in [-0.39, 0.29) is 17.5 Å². The van der Waals surface area contributed by atoms with Crippen molar-refractivity contribution in [3.63, 3.8) is 0 Å². The standard InChI is InChI=1S/C12H14FN3O3/c13-9-1-2-10(11(7-9)16(18)19)15-12(17)8-3-5-14-6-4-8/h1-2,7-8,14H,3-6H2,(H,15,17). The maximum Gasteiger partial charge on any atom is 0.295 e.